The van der Waals surface area contributed by atoms with E-state index in [0.717, 1.165) is 11.3 Å². The highest BCUT2D eigenvalue weighted by molar-refractivity contribution is 9.10. The van der Waals surface area contributed by atoms with Crippen molar-refractivity contribution in [2.45, 2.75) is 58.4 Å². The van der Waals surface area contributed by atoms with E-state index in [0.29, 0.717) is 29.3 Å². The van der Waals surface area contributed by atoms with Crippen LogP contribution < -0.4 is 15.6 Å². The predicted octanol–water partition coefficient (Wildman–Crippen LogP) is 4.23. The maximum Gasteiger partial charge on any atom is 0.269 e. The molecule has 0 fully saturated rings. The molecular formula is C25H27BrFN5O3. The van der Waals surface area contributed by atoms with Gasteiger partial charge in [0.05, 0.1) is 17.8 Å². The van der Waals surface area contributed by atoms with Gasteiger partial charge in [0.1, 0.15) is 28.2 Å². The van der Waals surface area contributed by atoms with Crippen LogP contribution in [0.4, 0.5) is 4.39 Å². The Labute approximate surface area is 211 Å². The third-order valence-electron chi connectivity index (χ3n) is 5.96. The minimum absolute atomic E-state index is 0.0488. The number of aromatic nitrogens is 4. The maximum absolute atomic E-state index is 13.9. The average molecular weight is 544 g/mol. The van der Waals surface area contributed by atoms with Gasteiger partial charge in [0, 0.05) is 35.9 Å². The molecule has 10 heteroatoms. The number of hydrogen-bond donors (Lipinski definition) is 2. The zero-order chi connectivity index (χ0) is 25.3. The number of rotatable bonds is 6. The van der Waals surface area contributed by atoms with Gasteiger partial charge in [-0.1, -0.05) is 0 Å². The van der Waals surface area contributed by atoms with E-state index in [1.807, 2.05) is 20.0 Å². The third kappa shape index (κ3) is 5.28. The average Bonchev–Trinajstić information content (AvgIpc) is 2.82. The lowest BCUT2D eigenvalue weighted by molar-refractivity contribution is 0.0682. The largest absolute Gasteiger partial charge is 0.487 e. The fourth-order valence-corrected chi connectivity index (χ4v) is 4.46. The summed E-state index contributed by atoms with van der Waals surface area (Å²) in [6.45, 7) is 7.03. The number of allylic oxidation sites excluding steroid dienone is 1. The van der Waals surface area contributed by atoms with E-state index in [1.165, 1.54) is 18.5 Å². The van der Waals surface area contributed by atoms with Crippen LogP contribution in [0.15, 0.2) is 57.8 Å². The molecule has 184 valence electrons. The summed E-state index contributed by atoms with van der Waals surface area (Å²) in [5, 5.41) is 13.6. The summed E-state index contributed by atoms with van der Waals surface area (Å²) in [5.41, 5.74) is 1.32. The van der Waals surface area contributed by atoms with Gasteiger partial charge < -0.3 is 19.7 Å². The van der Waals surface area contributed by atoms with Crippen LogP contribution in [0.5, 0.6) is 5.75 Å². The summed E-state index contributed by atoms with van der Waals surface area (Å²) in [7, 11) is 0. The summed E-state index contributed by atoms with van der Waals surface area (Å²) >= 11 is 3.38. The van der Waals surface area contributed by atoms with E-state index in [4.69, 9.17) is 4.74 Å². The lowest BCUT2D eigenvalue weighted by Gasteiger charge is -2.32. The molecule has 2 N–H and O–H groups in total. The molecule has 35 heavy (non-hydrogen) atoms. The van der Waals surface area contributed by atoms with Crippen molar-refractivity contribution in [3.8, 4) is 5.75 Å². The molecule has 4 rings (SSSR count). The van der Waals surface area contributed by atoms with E-state index in [-0.39, 0.29) is 28.7 Å². The molecule has 4 heterocycles. The monoisotopic (exact) mass is 543 g/mol. The smallest absolute Gasteiger partial charge is 0.269 e. The normalized spacial score (nSPS) is 18.1. The second-order valence-electron chi connectivity index (χ2n) is 9.12. The molecule has 0 unspecified atom stereocenters. The zero-order valence-corrected chi connectivity index (χ0v) is 21.5. The number of nitrogens with zero attached hydrogens (tertiary/aromatic N) is 4. The van der Waals surface area contributed by atoms with Gasteiger partial charge in [-0.2, -0.15) is 0 Å². The first-order valence-electron chi connectivity index (χ1n) is 11.2. The lowest BCUT2D eigenvalue weighted by atomic mass is 9.94. The number of halogens is 2. The standard InChI is InChI=1S/C25H27BrFN5O3/c1-14-11-30-19(18-6-8-29-24(31-18)25(3,4)34)10-20(14)32-15(2)9-21(22(26)23(32)33)35-13-16-12-28-7-5-17(16)27/h5-9,11-12,19-20,30,34H,10,13H2,1-4H3/t19-,20-/m1/s1. The van der Waals surface area contributed by atoms with E-state index in [9.17, 15) is 14.3 Å². The van der Waals surface area contributed by atoms with Crippen LogP contribution in [-0.4, -0.2) is 24.6 Å². The fraction of sp³-hybridized carbons (Fsp3) is 0.360. The van der Waals surface area contributed by atoms with E-state index >= 15 is 0 Å². The topological polar surface area (TPSA) is 102 Å². The highest BCUT2D eigenvalue weighted by Crippen LogP contribution is 2.34. The number of aliphatic hydroxyl groups is 1. The molecule has 3 aromatic rings. The fourth-order valence-electron chi connectivity index (χ4n) is 4.04. The summed E-state index contributed by atoms with van der Waals surface area (Å²) in [5.74, 6) is 0.257. The molecule has 2 atom stereocenters. The van der Waals surface area contributed by atoms with Crippen LogP contribution in [0.2, 0.25) is 0 Å². The minimum Gasteiger partial charge on any atom is -0.487 e. The van der Waals surface area contributed by atoms with Gasteiger partial charge >= 0.3 is 0 Å². The summed E-state index contributed by atoms with van der Waals surface area (Å²) < 4.78 is 21.7. The van der Waals surface area contributed by atoms with Gasteiger partial charge in [0.15, 0.2) is 5.82 Å². The minimum atomic E-state index is -1.16. The summed E-state index contributed by atoms with van der Waals surface area (Å²) in [6, 6.07) is 4.43. The van der Waals surface area contributed by atoms with Crippen molar-refractivity contribution in [3.63, 3.8) is 0 Å². The number of nitrogens with one attached hydrogen (secondary N) is 1. The quantitative estimate of drug-likeness (QED) is 0.479. The van der Waals surface area contributed by atoms with Crippen LogP contribution in [0.3, 0.4) is 0 Å². The van der Waals surface area contributed by atoms with Crippen molar-refractivity contribution >= 4 is 15.9 Å². The molecule has 0 aromatic carbocycles. The van der Waals surface area contributed by atoms with Crippen molar-refractivity contribution in [1.29, 1.82) is 0 Å². The van der Waals surface area contributed by atoms with Crippen LogP contribution in [-0.2, 0) is 12.2 Å². The molecule has 0 amide bonds. The SMILES string of the molecule is CC1=CN[C@@H](c2ccnc(C(C)(C)O)n2)C[C@H]1n1c(C)cc(OCc2cnccc2F)c(Br)c1=O. The first kappa shape index (κ1) is 25.0. The van der Waals surface area contributed by atoms with Crippen LogP contribution in [0, 0.1) is 12.7 Å². The van der Waals surface area contributed by atoms with Crippen molar-refractivity contribution in [2.24, 2.45) is 0 Å². The van der Waals surface area contributed by atoms with Crippen LogP contribution in [0.1, 0.15) is 62.1 Å². The van der Waals surface area contributed by atoms with Gasteiger partial charge in [-0.05, 0) is 74.0 Å². The van der Waals surface area contributed by atoms with Gasteiger partial charge in [0.25, 0.3) is 5.56 Å². The second-order valence-corrected chi connectivity index (χ2v) is 9.91. The number of ether oxygens (including phenoxy) is 1. The number of aryl methyl sites for hydroxylation is 1. The zero-order valence-electron chi connectivity index (χ0n) is 19.9. The molecule has 0 bridgehead atoms. The molecule has 0 aliphatic carbocycles. The van der Waals surface area contributed by atoms with Gasteiger partial charge in [0.2, 0.25) is 0 Å². The molecule has 1 aliphatic heterocycles. The Morgan fingerprint density at radius 1 is 1.31 bits per heavy atom. The molecule has 0 saturated carbocycles. The molecule has 0 saturated heterocycles. The van der Waals surface area contributed by atoms with E-state index in [2.05, 4.69) is 36.2 Å². The molecule has 1 aliphatic rings. The Morgan fingerprint density at radius 3 is 2.80 bits per heavy atom. The molecule has 3 aromatic heterocycles. The Balaban J connectivity index is 1.62. The number of hydrogen-bond acceptors (Lipinski definition) is 7. The van der Waals surface area contributed by atoms with Gasteiger partial charge in [-0.25, -0.2) is 14.4 Å². The second kappa shape index (κ2) is 9.87. The molecule has 8 nitrogen and oxygen atoms in total. The number of pyridine rings is 2. The Morgan fingerprint density at radius 2 is 2.09 bits per heavy atom. The summed E-state index contributed by atoms with van der Waals surface area (Å²) in [6.07, 6.45) is 6.86. The van der Waals surface area contributed by atoms with Crippen molar-refractivity contribution in [2.75, 3.05) is 0 Å². The highest BCUT2D eigenvalue weighted by Gasteiger charge is 2.29. The first-order chi connectivity index (χ1) is 16.6. The van der Waals surface area contributed by atoms with Gasteiger partial charge in [-0.15, -0.1) is 0 Å². The van der Waals surface area contributed by atoms with Crippen molar-refractivity contribution < 1.29 is 14.2 Å². The van der Waals surface area contributed by atoms with Crippen LogP contribution in [0.25, 0.3) is 0 Å². The predicted molar refractivity (Wildman–Crippen MR) is 132 cm³/mol. The van der Waals surface area contributed by atoms with Crippen LogP contribution >= 0.6 is 15.9 Å². The Kier molecular flexibility index (Phi) is 7.05. The first-order valence-corrected chi connectivity index (χ1v) is 12.0. The lowest BCUT2D eigenvalue weighted by Crippen LogP contribution is -2.35. The highest BCUT2D eigenvalue weighted by atomic mass is 79.9. The molecule has 0 radical (unpaired) electrons. The Hall–Kier alpha value is -3.11. The van der Waals surface area contributed by atoms with Gasteiger partial charge in [-0.3, -0.25) is 9.78 Å². The maximum atomic E-state index is 13.9. The molecular weight excluding hydrogens is 517 g/mol. The van der Waals surface area contributed by atoms with E-state index in [1.54, 1.807) is 36.7 Å². The van der Waals surface area contributed by atoms with E-state index < -0.39 is 11.4 Å². The third-order valence-corrected chi connectivity index (χ3v) is 6.69. The summed E-state index contributed by atoms with van der Waals surface area (Å²) in [4.78, 5) is 26.1. The van der Waals surface area contributed by atoms with Crippen molar-refractivity contribution in [3.05, 3.63) is 92.0 Å². The Bertz CT molecular complexity index is 1340. The molecule has 0 spiro atoms. The van der Waals surface area contributed by atoms with Crippen molar-refractivity contribution in [1.82, 2.24) is 24.8 Å².